The summed E-state index contributed by atoms with van der Waals surface area (Å²) in [5.41, 5.74) is 2.61. The van der Waals surface area contributed by atoms with Crippen LogP contribution in [-0.2, 0) is 12.8 Å². The van der Waals surface area contributed by atoms with Gasteiger partial charge in [-0.15, -0.1) is 0 Å². The van der Waals surface area contributed by atoms with Gasteiger partial charge in [-0.3, -0.25) is 0 Å². The highest BCUT2D eigenvalue weighted by atomic mass is 79.9. The van der Waals surface area contributed by atoms with Gasteiger partial charge in [-0.1, -0.05) is 53.2 Å². The van der Waals surface area contributed by atoms with Crippen molar-refractivity contribution >= 4 is 15.9 Å². The van der Waals surface area contributed by atoms with Crippen molar-refractivity contribution in [1.29, 1.82) is 0 Å². The zero-order chi connectivity index (χ0) is 11.4. The van der Waals surface area contributed by atoms with Crippen molar-refractivity contribution in [3.63, 3.8) is 0 Å². The van der Waals surface area contributed by atoms with Gasteiger partial charge in [0.1, 0.15) is 5.76 Å². The first-order valence-electron chi connectivity index (χ1n) is 5.55. The maximum Gasteiger partial charge on any atom is 0.107 e. The third-order valence-corrected chi connectivity index (χ3v) is 3.51. The summed E-state index contributed by atoms with van der Waals surface area (Å²) in [4.78, 5) is 0.337. The molecule has 0 aliphatic heterocycles. The number of hydrogen-bond acceptors (Lipinski definition) is 1. The number of benzene rings is 1. The molecule has 0 saturated carbocycles. The van der Waals surface area contributed by atoms with E-state index in [4.69, 9.17) is 4.42 Å². The summed E-state index contributed by atoms with van der Waals surface area (Å²) in [6.07, 6.45) is 3.71. The van der Waals surface area contributed by atoms with E-state index in [-0.39, 0.29) is 0 Å². The Morgan fingerprint density at radius 3 is 2.62 bits per heavy atom. The first-order valence-corrected chi connectivity index (χ1v) is 6.47. The highest BCUT2D eigenvalue weighted by molar-refractivity contribution is 9.09. The number of aryl methyl sites for hydroxylation is 1. The summed E-state index contributed by atoms with van der Waals surface area (Å²) >= 11 is 3.73. The van der Waals surface area contributed by atoms with Gasteiger partial charge >= 0.3 is 0 Å². The molecule has 1 aromatic carbocycles. The van der Waals surface area contributed by atoms with Crippen LogP contribution in [0, 0.1) is 0 Å². The molecule has 0 N–H and O–H groups in total. The van der Waals surface area contributed by atoms with Crippen LogP contribution in [0.2, 0.25) is 0 Å². The van der Waals surface area contributed by atoms with Gasteiger partial charge in [0.2, 0.25) is 0 Å². The standard InChI is InChI=1S/C14H15BrO/c1-2-14-12(8-9-16-14)13(15)10-11-6-4-3-5-7-11/h3-9,13H,2,10H2,1H3. The summed E-state index contributed by atoms with van der Waals surface area (Å²) in [5, 5.41) is 0. The molecule has 2 heteroatoms. The van der Waals surface area contributed by atoms with Crippen molar-refractivity contribution < 1.29 is 4.42 Å². The highest BCUT2D eigenvalue weighted by Crippen LogP contribution is 2.30. The fraction of sp³-hybridized carbons (Fsp3) is 0.286. The first kappa shape index (κ1) is 11.5. The molecule has 0 saturated heterocycles. The Bertz CT molecular complexity index is 433. The summed E-state index contributed by atoms with van der Waals surface area (Å²) < 4.78 is 5.44. The lowest BCUT2D eigenvalue weighted by Crippen LogP contribution is -1.96. The SMILES string of the molecule is CCc1occc1C(Br)Cc1ccccc1. The minimum Gasteiger partial charge on any atom is -0.469 e. The van der Waals surface area contributed by atoms with Crippen LogP contribution in [0.15, 0.2) is 47.1 Å². The average Bonchev–Trinajstić information content (AvgIpc) is 2.78. The molecule has 0 amide bonds. The van der Waals surface area contributed by atoms with Gasteiger partial charge in [0.25, 0.3) is 0 Å². The molecule has 16 heavy (non-hydrogen) atoms. The molecule has 0 fully saturated rings. The van der Waals surface area contributed by atoms with E-state index < -0.39 is 0 Å². The minimum atomic E-state index is 0.337. The average molecular weight is 279 g/mol. The molecule has 1 nitrogen and oxygen atoms in total. The van der Waals surface area contributed by atoms with Crippen molar-refractivity contribution in [2.24, 2.45) is 0 Å². The van der Waals surface area contributed by atoms with Crippen LogP contribution in [-0.4, -0.2) is 0 Å². The van der Waals surface area contributed by atoms with Crippen LogP contribution in [0.3, 0.4) is 0 Å². The second-order valence-electron chi connectivity index (χ2n) is 3.81. The van der Waals surface area contributed by atoms with E-state index in [1.54, 1.807) is 6.26 Å². The van der Waals surface area contributed by atoms with E-state index in [0.717, 1.165) is 18.6 Å². The van der Waals surface area contributed by atoms with Gasteiger partial charge in [-0.2, -0.15) is 0 Å². The molecule has 1 aromatic heterocycles. The van der Waals surface area contributed by atoms with E-state index >= 15 is 0 Å². The molecule has 0 bridgehead atoms. The zero-order valence-corrected chi connectivity index (χ0v) is 10.9. The Labute approximate surface area is 105 Å². The van der Waals surface area contributed by atoms with E-state index in [9.17, 15) is 0 Å². The fourth-order valence-electron chi connectivity index (χ4n) is 1.85. The largest absolute Gasteiger partial charge is 0.469 e. The topological polar surface area (TPSA) is 13.1 Å². The highest BCUT2D eigenvalue weighted by Gasteiger charge is 2.14. The van der Waals surface area contributed by atoms with Crippen LogP contribution in [0.25, 0.3) is 0 Å². The summed E-state index contributed by atoms with van der Waals surface area (Å²) in [6.45, 7) is 2.12. The van der Waals surface area contributed by atoms with E-state index in [0.29, 0.717) is 4.83 Å². The van der Waals surface area contributed by atoms with E-state index in [1.807, 2.05) is 6.07 Å². The Morgan fingerprint density at radius 2 is 1.94 bits per heavy atom. The van der Waals surface area contributed by atoms with Gasteiger partial charge in [0.15, 0.2) is 0 Å². The molecule has 1 atom stereocenters. The van der Waals surface area contributed by atoms with Crippen molar-refractivity contribution in [1.82, 2.24) is 0 Å². The fourth-order valence-corrected chi connectivity index (χ4v) is 2.63. The van der Waals surface area contributed by atoms with Gasteiger partial charge in [-0.25, -0.2) is 0 Å². The minimum absolute atomic E-state index is 0.337. The van der Waals surface area contributed by atoms with Gasteiger partial charge < -0.3 is 4.42 Å². The number of furan rings is 1. The molecule has 2 rings (SSSR count). The number of alkyl halides is 1. The van der Waals surface area contributed by atoms with Crippen molar-refractivity contribution in [2.45, 2.75) is 24.6 Å². The third-order valence-electron chi connectivity index (χ3n) is 2.70. The molecular formula is C14H15BrO. The summed E-state index contributed by atoms with van der Waals surface area (Å²) in [6, 6.07) is 12.6. The van der Waals surface area contributed by atoms with E-state index in [2.05, 4.69) is 53.2 Å². The van der Waals surface area contributed by atoms with Crippen molar-refractivity contribution in [2.75, 3.05) is 0 Å². The number of halogens is 1. The van der Waals surface area contributed by atoms with Gasteiger partial charge in [0.05, 0.1) is 6.26 Å². The van der Waals surface area contributed by atoms with Gasteiger partial charge in [-0.05, 0) is 18.1 Å². The lowest BCUT2D eigenvalue weighted by Gasteiger charge is -2.09. The quantitative estimate of drug-likeness (QED) is 0.750. The van der Waals surface area contributed by atoms with Crippen LogP contribution in [0.4, 0.5) is 0 Å². The predicted molar refractivity (Wildman–Crippen MR) is 69.9 cm³/mol. The summed E-state index contributed by atoms with van der Waals surface area (Å²) in [5.74, 6) is 1.08. The molecule has 1 heterocycles. The monoisotopic (exact) mass is 278 g/mol. The Hall–Kier alpha value is -1.02. The van der Waals surface area contributed by atoms with Crippen molar-refractivity contribution in [3.8, 4) is 0 Å². The molecule has 1 unspecified atom stereocenters. The molecule has 0 radical (unpaired) electrons. The van der Waals surface area contributed by atoms with Crippen LogP contribution >= 0.6 is 15.9 Å². The maximum atomic E-state index is 5.44. The first-order chi connectivity index (χ1) is 7.81. The molecule has 0 aliphatic rings. The zero-order valence-electron chi connectivity index (χ0n) is 9.32. The predicted octanol–water partition coefficient (Wildman–Crippen LogP) is 4.52. The van der Waals surface area contributed by atoms with Crippen LogP contribution in [0.1, 0.15) is 28.6 Å². The smallest absolute Gasteiger partial charge is 0.107 e. The maximum absolute atomic E-state index is 5.44. The molecule has 84 valence electrons. The second-order valence-corrected chi connectivity index (χ2v) is 4.92. The number of hydrogen-bond donors (Lipinski definition) is 0. The van der Waals surface area contributed by atoms with Gasteiger partial charge in [0, 0.05) is 16.8 Å². The Morgan fingerprint density at radius 1 is 1.19 bits per heavy atom. The lowest BCUT2D eigenvalue weighted by atomic mass is 10.0. The normalized spacial score (nSPS) is 12.6. The molecule has 2 aromatic rings. The number of rotatable bonds is 4. The lowest BCUT2D eigenvalue weighted by molar-refractivity contribution is 0.511. The second kappa shape index (κ2) is 5.35. The Balaban J connectivity index is 2.11. The van der Waals surface area contributed by atoms with Crippen LogP contribution in [0.5, 0.6) is 0 Å². The Kier molecular flexibility index (Phi) is 3.83. The van der Waals surface area contributed by atoms with E-state index in [1.165, 1.54) is 11.1 Å². The molecule has 0 spiro atoms. The molecule has 0 aliphatic carbocycles. The van der Waals surface area contributed by atoms with Crippen molar-refractivity contribution in [3.05, 3.63) is 59.5 Å². The summed E-state index contributed by atoms with van der Waals surface area (Å²) in [7, 11) is 0. The molecular weight excluding hydrogens is 264 g/mol. The van der Waals surface area contributed by atoms with Crippen LogP contribution < -0.4 is 0 Å². The third kappa shape index (κ3) is 2.56.